The molecule has 0 fully saturated rings. The van der Waals surface area contributed by atoms with E-state index in [1.54, 1.807) is 0 Å². The fourth-order valence-electron chi connectivity index (χ4n) is 2.35. The lowest BCUT2D eigenvalue weighted by Crippen LogP contribution is -2.42. The summed E-state index contributed by atoms with van der Waals surface area (Å²) in [4.78, 5) is 21.1. The standard InChI is InChI=1S/C16H12ClF3N2O5S/c1-10(15(17)23)21(12-5-2-4-11(8-12)16(18,19)20)28(26,27)14-7-3-6-13(9-14)22(24)25/h2-10H,1H3. The number of nitro benzene ring substituents is 1. The molecule has 0 aliphatic rings. The monoisotopic (exact) mass is 436 g/mol. The minimum Gasteiger partial charge on any atom is -0.279 e. The molecule has 7 nitrogen and oxygen atoms in total. The summed E-state index contributed by atoms with van der Waals surface area (Å²) in [6, 6.07) is 5.64. The summed E-state index contributed by atoms with van der Waals surface area (Å²) in [5, 5.41) is 9.77. The zero-order valence-corrected chi connectivity index (χ0v) is 15.6. The van der Waals surface area contributed by atoms with Gasteiger partial charge in [-0.15, -0.1) is 0 Å². The van der Waals surface area contributed by atoms with Gasteiger partial charge in [-0.25, -0.2) is 8.42 Å². The van der Waals surface area contributed by atoms with E-state index in [4.69, 9.17) is 11.6 Å². The molecule has 150 valence electrons. The summed E-state index contributed by atoms with van der Waals surface area (Å²) in [6.07, 6.45) is -4.76. The van der Waals surface area contributed by atoms with Crippen LogP contribution in [-0.2, 0) is 21.0 Å². The van der Waals surface area contributed by atoms with Crippen LogP contribution in [0.2, 0.25) is 0 Å². The SMILES string of the molecule is CC(C(=O)Cl)N(c1cccc(C(F)(F)F)c1)S(=O)(=O)c1cccc([N+](=O)[O-])c1. The average Bonchev–Trinajstić information content (AvgIpc) is 2.61. The molecule has 1 unspecified atom stereocenters. The summed E-state index contributed by atoms with van der Waals surface area (Å²) in [7, 11) is -4.66. The van der Waals surface area contributed by atoms with E-state index >= 15 is 0 Å². The van der Waals surface area contributed by atoms with Crippen LogP contribution in [0.5, 0.6) is 0 Å². The highest BCUT2D eigenvalue weighted by Gasteiger charge is 2.36. The van der Waals surface area contributed by atoms with Gasteiger partial charge in [0.25, 0.3) is 15.7 Å². The second-order valence-electron chi connectivity index (χ2n) is 5.58. The first-order chi connectivity index (χ1) is 12.9. The number of nitro groups is 1. The molecule has 0 spiro atoms. The van der Waals surface area contributed by atoms with E-state index in [-0.39, 0.29) is 0 Å². The van der Waals surface area contributed by atoms with Crippen LogP contribution in [0.4, 0.5) is 24.5 Å². The third-order valence-corrected chi connectivity index (χ3v) is 5.90. The quantitative estimate of drug-likeness (QED) is 0.388. The van der Waals surface area contributed by atoms with Gasteiger partial charge in [0.05, 0.1) is 21.1 Å². The van der Waals surface area contributed by atoms with Crippen molar-refractivity contribution < 1.29 is 31.3 Å². The van der Waals surface area contributed by atoms with Crippen LogP contribution < -0.4 is 4.31 Å². The first kappa shape index (κ1) is 21.6. The van der Waals surface area contributed by atoms with Gasteiger partial charge >= 0.3 is 6.18 Å². The van der Waals surface area contributed by atoms with E-state index in [1.807, 2.05) is 0 Å². The number of non-ortho nitro benzene ring substituents is 1. The van der Waals surface area contributed by atoms with Crippen molar-refractivity contribution in [1.82, 2.24) is 0 Å². The molecule has 2 aromatic carbocycles. The molecule has 0 aromatic heterocycles. The Morgan fingerprint density at radius 2 is 1.79 bits per heavy atom. The second-order valence-corrected chi connectivity index (χ2v) is 7.77. The maximum atomic E-state index is 13.0. The lowest BCUT2D eigenvalue weighted by atomic mass is 10.2. The number of sulfonamides is 1. The highest BCUT2D eigenvalue weighted by molar-refractivity contribution is 7.93. The third kappa shape index (κ3) is 4.42. The molecular formula is C16H12ClF3N2O5S. The first-order valence-electron chi connectivity index (χ1n) is 7.51. The molecule has 0 saturated carbocycles. The Hall–Kier alpha value is -2.66. The highest BCUT2D eigenvalue weighted by Crippen LogP contribution is 2.34. The van der Waals surface area contributed by atoms with Gasteiger partial charge in [0.2, 0.25) is 5.24 Å². The van der Waals surface area contributed by atoms with Crippen molar-refractivity contribution in [2.24, 2.45) is 0 Å². The van der Waals surface area contributed by atoms with Crippen LogP contribution in [0.1, 0.15) is 12.5 Å². The van der Waals surface area contributed by atoms with E-state index in [2.05, 4.69) is 0 Å². The van der Waals surface area contributed by atoms with Crippen molar-refractivity contribution in [3.05, 3.63) is 64.2 Å². The number of rotatable bonds is 6. The lowest BCUT2D eigenvalue weighted by Gasteiger charge is -2.28. The summed E-state index contributed by atoms with van der Waals surface area (Å²) < 4.78 is 65.5. The Kier molecular flexibility index (Phi) is 6.00. The second kappa shape index (κ2) is 7.76. The van der Waals surface area contributed by atoms with Crippen molar-refractivity contribution in [2.75, 3.05) is 4.31 Å². The predicted octanol–water partition coefficient (Wildman–Crippen LogP) is 3.96. The molecule has 1 atom stereocenters. The Labute approximate surface area is 162 Å². The molecule has 0 heterocycles. The maximum Gasteiger partial charge on any atom is 0.416 e. The van der Waals surface area contributed by atoms with Gasteiger partial charge in [0, 0.05) is 12.1 Å². The molecule has 12 heteroatoms. The first-order valence-corrected chi connectivity index (χ1v) is 9.33. The van der Waals surface area contributed by atoms with E-state index in [0.29, 0.717) is 10.4 Å². The smallest absolute Gasteiger partial charge is 0.279 e. The van der Waals surface area contributed by atoms with Gasteiger partial charge < -0.3 is 0 Å². The van der Waals surface area contributed by atoms with Gasteiger partial charge in [-0.05, 0) is 42.8 Å². The molecule has 0 bridgehead atoms. The van der Waals surface area contributed by atoms with Crippen LogP contribution in [0.25, 0.3) is 0 Å². The molecule has 0 radical (unpaired) electrons. The van der Waals surface area contributed by atoms with Gasteiger partial charge in [0.1, 0.15) is 6.04 Å². The topological polar surface area (TPSA) is 97.6 Å². The summed E-state index contributed by atoms with van der Waals surface area (Å²) in [5.41, 5.74) is -2.16. The average molecular weight is 437 g/mol. The molecule has 0 N–H and O–H groups in total. The molecular weight excluding hydrogens is 425 g/mol. The minimum atomic E-state index is -4.76. The third-order valence-electron chi connectivity index (χ3n) is 3.69. The molecule has 0 amide bonds. The van der Waals surface area contributed by atoms with Crippen LogP contribution in [0, 0.1) is 10.1 Å². The Morgan fingerprint density at radius 1 is 1.18 bits per heavy atom. The summed E-state index contributed by atoms with van der Waals surface area (Å²) in [5.74, 6) is 0. The zero-order valence-electron chi connectivity index (χ0n) is 14.1. The van der Waals surface area contributed by atoms with Crippen molar-refractivity contribution in [1.29, 1.82) is 0 Å². The molecule has 0 saturated heterocycles. The van der Waals surface area contributed by atoms with Crippen molar-refractivity contribution in [3.63, 3.8) is 0 Å². The van der Waals surface area contributed by atoms with Crippen molar-refractivity contribution in [2.45, 2.75) is 24.0 Å². The number of hydrogen-bond acceptors (Lipinski definition) is 5. The normalized spacial score (nSPS) is 13.0. The van der Waals surface area contributed by atoms with Crippen LogP contribution >= 0.6 is 11.6 Å². The van der Waals surface area contributed by atoms with E-state index in [1.165, 1.54) is 0 Å². The Balaban J connectivity index is 2.69. The number of benzene rings is 2. The lowest BCUT2D eigenvalue weighted by molar-refractivity contribution is -0.385. The number of carbonyl (C=O) groups excluding carboxylic acids is 1. The van der Waals surface area contributed by atoms with Gasteiger partial charge in [-0.1, -0.05) is 12.1 Å². The molecule has 2 aromatic rings. The van der Waals surface area contributed by atoms with Crippen LogP contribution in [0.15, 0.2) is 53.4 Å². The van der Waals surface area contributed by atoms with Gasteiger partial charge in [0.15, 0.2) is 0 Å². The Morgan fingerprint density at radius 3 is 2.32 bits per heavy atom. The molecule has 28 heavy (non-hydrogen) atoms. The number of carbonyl (C=O) groups is 1. The maximum absolute atomic E-state index is 13.0. The minimum absolute atomic E-state index is 0.399. The fourth-order valence-corrected chi connectivity index (χ4v) is 4.16. The largest absolute Gasteiger partial charge is 0.416 e. The molecule has 0 aliphatic heterocycles. The van der Waals surface area contributed by atoms with E-state index < -0.39 is 54.2 Å². The molecule has 0 aliphatic carbocycles. The number of alkyl halides is 3. The number of hydrogen-bond donors (Lipinski definition) is 0. The Bertz CT molecular complexity index is 1030. The highest BCUT2D eigenvalue weighted by atomic mass is 35.5. The van der Waals surface area contributed by atoms with E-state index in [0.717, 1.165) is 49.4 Å². The predicted molar refractivity (Wildman–Crippen MR) is 94.5 cm³/mol. The number of anilines is 1. The van der Waals surface area contributed by atoms with Crippen molar-refractivity contribution in [3.8, 4) is 0 Å². The number of nitrogens with zero attached hydrogens (tertiary/aromatic N) is 2. The number of halogens is 4. The summed E-state index contributed by atoms with van der Waals surface area (Å²) in [6.45, 7) is 1.09. The van der Waals surface area contributed by atoms with E-state index in [9.17, 15) is 36.5 Å². The van der Waals surface area contributed by atoms with Crippen molar-refractivity contribution >= 4 is 38.2 Å². The molecule has 2 rings (SSSR count). The van der Waals surface area contributed by atoms with Gasteiger partial charge in [-0.3, -0.25) is 19.2 Å². The van der Waals surface area contributed by atoms with Crippen LogP contribution in [-0.4, -0.2) is 24.6 Å². The van der Waals surface area contributed by atoms with Crippen LogP contribution in [0.3, 0.4) is 0 Å². The van der Waals surface area contributed by atoms with Gasteiger partial charge in [-0.2, -0.15) is 13.2 Å². The zero-order chi connectivity index (χ0) is 21.3. The summed E-state index contributed by atoms with van der Waals surface area (Å²) >= 11 is 5.40. The fraction of sp³-hybridized carbons (Fsp3) is 0.188.